The summed E-state index contributed by atoms with van der Waals surface area (Å²) in [6, 6.07) is 1.79. The molecule has 23 heavy (non-hydrogen) atoms. The van der Waals surface area contributed by atoms with Gasteiger partial charge < -0.3 is 9.47 Å². The van der Waals surface area contributed by atoms with E-state index in [0.29, 0.717) is 18.9 Å². The second kappa shape index (κ2) is 6.41. The number of imidazole rings is 1. The van der Waals surface area contributed by atoms with Crippen molar-refractivity contribution in [2.24, 2.45) is 14.1 Å². The lowest BCUT2D eigenvalue weighted by molar-refractivity contribution is 0.0926. The van der Waals surface area contributed by atoms with Gasteiger partial charge in [0.1, 0.15) is 5.82 Å². The SMILES string of the molecule is CCN1CCN(C(=O)Nc2ccn(C)n2)C[C@@H]1c1nccn1C. The Morgan fingerprint density at radius 1 is 1.35 bits per heavy atom. The molecule has 0 radical (unpaired) electrons. The molecule has 0 unspecified atom stereocenters. The lowest BCUT2D eigenvalue weighted by Crippen LogP contribution is -2.52. The van der Waals surface area contributed by atoms with Crippen molar-refractivity contribution in [2.75, 3.05) is 31.5 Å². The summed E-state index contributed by atoms with van der Waals surface area (Å²) in [4.78, 5) is 21.1. The van der Waals surface area contributed by atoms with E-state index in [1.165, 1.54) is 0 Å². The van der Waals surface area contributed by atoms with Crippen LogP contribution in [0.2, 0.25) is 0 Å². The quantitative estimate of drug-likeness (QED) is 0.919. The summed E-state index contributed by atoms with van der Waals surface area (Å²) in [5, 5.41) is 7.05. The largest absolute Gasteiger partial charge is 0.337 e. The Morgan fingerprint density at radius 2 is 2.17 bits per heavy atom. The summed E-state index contributed by atoms with van der Waals surface area (Å²) in [6.45, 7) is 5.24. The van der Waals surface area contributed by atoms with E-state index in [0.717, 1.165) is 18.9 Å². The van der Waals surface area contributed by atoms with Gasteiger partial charge in [0, 0.05) is 58.4 Å². The summed E-state index contributed by atoms with van der Waals surface area (Å²) < 4.78 is 3.69. The fourth-order valence-electron chi connectivity index (χ4n) is 3.00. The molecule has 1 atom stereocenters. The molecule has 0 aromatic carbocycles. The Kier molecular flexibility index (Phi) is 4.33. The van der Waals surface area contributed by atoms with Crippen LogP contribution in [0, 0.1) is 0 Å². The zero-order chi connectivity index (χ0) is 16.4. The molecule has 3 heterocycles. The van der Waals surface area contributed by atoms with Crippen molar-refractivity contribution in [3.8, 4) is 0 Å². The predicted molar refractivity (Wildman–Crippen MR) is 87.0 cm³/mol. The zero-order valence-corrected chi connectivity index (χ0v) is 13.8. The molecular formula is C15H23N7O. The van der Waals surface area contributed by atoms with Crippen LogP contribution in [-0.2, 0) is 14.1 Å². The Morgan fingerprint density at radius 3 is 2.78 bits per heavy atom. The molecule has 1 aliphatic rings. The number of anilines is 1. The van der Waals surface area contributed by atoms with Crippen LogP contribution in [0.3, 0.4) is 0 Å². The number of rotatable bonds is 3. The first-order chi connectivity index (χ1) is 11.1. The minimum absolute atomic E-state index is 0.112. The minimum atomic E-state index is -0.112. The number of hydrogen-bond donors (Lipinski definition) is 1. The van der Waals surface area contributed by atoms with E-state index < -0.39 is 0 Å². The highest BCUT2D eigenvalue weighted by Crippen LogP contribution is 2.24. The van der Waals surface area contributed by atoms with E-state index in [9.17, 15) is 4.79 Å². The summed E-state index contributed by atoms with van der Waals surface area (Å²) in [6.07, 6.45) is 5.55. The molecule has 1 N–H and O–H groups in total. The molecule has 8 heteroatoms. The van der Waals surface area contributed by atoms with Crippen LogP contribution in [0.25, 0.3) is 0 Å². The van der Waals surface area contributed by atoms with Crippen LogP contribution >= 0.6 is 0 Å². The van der Waals surface area contributed by atoms with E-state index >= 15 is 0 Å². The van der Waals surface area contributed by atoms with Crippen LogP contribution in [-0.4, -0.2) is 61.3 Å². The number of urea groups is 1. The van der Waals surface area contributed by atoms with Crippen LogP contribution in [0.4, 0.5) is 10.6 Å². The maximum atomic E-state index is 12.5. The van der Waals surface area contributed by atoms with Gasteiger partial charge in [0.2, 0.25) is 0 Å². The average molecular weight is 317 g/mol. The normalized spacial score (nSPS) is 19.1. The summed E-state index contributed by atoms with van der Waals surface area (Å²) in [5.74, 6) is 1.56. The molecule has 1 aliphatic heterocycles. The van der Waals surface area contributed by atoms with Gasteiger partial charge in [0.15, 0.2) is 5.82 Å². The smallest absolute Gasteiger partial charge is 0.323 e. The van der Waals surface area contributed by atoms with Crippen LogP contribution in [0.1, 0.15) is 18.8 Å². The molecule has 3 rings (SSSR count). The highest BCUT2D eigenvalue weighted by molar-refractivity contribution is 5.88. The highest BCUT2D eigenvalue weighted by atomic mass is 16.2. The molecule has 1 saturated heterocycles. The topological polar surface area (TPSA) is 71.2 Å². The molecule has 2 amide bonds. The molecule has 124 valence electrons. The lowest BCUT2D eigenvalue weighted by atomic mass is 10.1. The van der Waals surface area contributed by atoms with Crippen LogP contribution in [0.15, 0.2) is 24.7 Å². The maximum Gasteiger partial charge on any atom is 0.323 e. The first-order valence-electron chi connectivity index (χ1n) is 7.85. The first-order valence-corrected chi connectivity index (χ1v) is 7.85. The molecular weight excluding hydrogens is 294 g/mol. The number of carbonyl (C=O) groups excluding carboxylic acids is 1. The van der Waals surface area contributed by atoms with Crippen molar-refractivity contribution in [1.29, 1.82) is 0 Å². The van der Waals surface area contributed by atoms with Crippen LogP contribution < -0.4 is 5.32 Å². The van der Waals surface area contributed by atoms with Gasteiger partial charge in [-0.1, -0.05) is 6.92 Å². The summed E-state index contributed by atoms with van der Waals surface area (Å²) >= 11 is 0. The fraction of sp³-hybridized carbons (Fsp3) is 0.533. The third kappa shape index (κ3) is 3.21. The summed E-state index contributed by atoms with van der Waals surface area (Å²) in [5.41, 5.74) is 0. The van der Waals surface area contributed by atoms with Gasteiger partial charge in [-0.3, -0.25) is 14.9 Å². The first kappa shape index (κ1) is 15.5. The highest BCUT2D eigenvalue weighted by Gasteiger charge is 2.32. The molecule has 0 aliphatic carbocycles. The number of nitrogens with zero attached hydrogens (tertiary/aromatic N) is 6. The van der Waals surface area contributed by atoms with Crippen molar-refractivity contribution in [2.45, 2.75) is 13.0 Å². The van der Waals surface area contributed by atoms with E-state index in [4.69, 9.17) is 0 Å². The average Bonchev–Trinajstić information content (AvgIpc) is 3.15. The second-order valence-corrected chi connectivity index (χ2v) is 5.79. The van der Waals surface area contributed by atoms with Crippen molar-refractivity contribution in [1.82, 2.24) is 29.1 Å². The third-order valence-electron chi connectivity index (χ3n) is 4.29. The van der Waals surface area contributed by atoms with E-state index in [1.807, 2.05) is 29.8 Å². The number of aromatic nitrogens is 4. The number of likely N-dealkylation sites (N-methyl/N-ethyl adjacent to an activating group) is 1. The number of hydrogen-bond acceptors (Lipinski definition) is 4. The molecule has 0 saturated carbocycles. The predicted octanol–water partition coefficient (Wildman–Crippen LogP) is 1.06. The van der Waals surface area contributed by atoms with Crippen molar-refractivity contribution >= 4 is 11.8 Å². The zero-order valence-electron chi connectivity index (χ0n) is 13.8. The number of aryl methyl sites for hydroxylation is 2. The van der Waals surface area contributed by atoms with Gasteiger partial charge in [0.05, 0.1) is 6.04 Å². The fourth-order valence-corrected chi connectivity index (χ4v) is 3.00. The van der Waals surface area contributed by atoms with Gasteiger partial charge in [-0.15, -0.1) is 0 Å². The Bertz CT molecular complexity index is 677. The number of nitrogens with one attached hydrogen (secondary N) is 1. The molecule has 0 bridgehead atoms. The van der Waals surface area contributed by atoms with E-state index in [-0.39, 0.29) is 12.1 Å². The standard InChI is InChI=1S/C15H23N7O/c1-4-21-9-10-22(11-12(21)14-16-6-8-19(14)2)15(23)17-13-5-7-20(3)18-13/h5-8,12H,4,9-11H2,1-3H3,(H,17,18,23)/t12-/m1/s1. The van der Waals surface area contributed by atoms with Crippen molar-refractivity contribution in [3.63, 3.8) is 0 Å². The Labute approximate surface area is 135 Å². The third-order valence-corrected chi connectivity index (χ3v) is 4.29. The lowest BCUT2D eigenvalue weighted by Gasteiger charge is -2.40. The van der Waals surface area contributed by atoms with Crippen molar-refractivity contribution in [3.05, 3.63) is 30.5 Å². The van der Waals surface area contributed by atoms with E-state index in [2.05, 4.69) is 27.2 Å². The van der Waals surface area contributed by atoms with E-state index in [1.54, 1.807) is 23.1 Å². The maximum absolute atomic E-state index is 12.5. The number of piperazine rings is 1. The molecule has 2 aromatic heterocycles. The Hall–Kier alpha value is -2.35. The molecule has 8 nitrogen and oxygen atoms in total. The van der Waals surface area contributed by atoms with Crippen LogP contribution in [0.5, 0.6) is 0 Å². The summed E-state index contributed by atoms with van der Waals surface area (Å²) in [7, 11) is 3.82. The van der Waals surface area contributed by atoms with Gasteiger partial charge in [0.25, 0.3) is 0 Å². The van der Waals surface area contributed by atoms with Gasteiger partial charge in [-0.2, -0.15) is 5.10 Å². The monoisotopic (exact) mass is 317 g/mol. The number of amides is 2. The minimum Gasteiger partial charge on any atom is -0.337 e. The van der Waals surface area contributed by atoms with Gasteiger partial charge >= 0.3 is 6.03 Å². The molecule has 1 fully saturated rings. The van der Waals surface area contributed by atoms with Gasteiger partial charge in [-0.25, -0.2) is 9.78 Å². The number of carbonyl (C=O) groups is 1. The Balaban J connectivity index is 1.72. The second-order valence-electron chi connectivity index (χ2n) is 5.79. The molecule has 0 spiro atoms. The molecule has 2 aromatic rings. The van der Waals surface area contributed by atoms with Gasteiger partial charge in [-0.05, 0) is 6.54 Å². The van der Waals surface area contributed by atoms with Crippen molar-refractivity contribution < 1.29 is 4.79 Å².